The molecule has 0 spiro atoms. The standard InChI is InChI=1S/C16H15FO2/c1-11(12-5-9-15(19-2)10-6-12)16(18)13-3-7-14(17)8-4-13/h3-11H,1-2H3. The smallest absolute Gasteiger partial charge is 0.170 e. The van der Waals surface area contributed by atoms with Crippen LogP contribution in [-0.2, 0) is 0 Å². The van der Waals surface area contributed by atoms with Gasteiger partial charge in [0.05, 0.1) is 7.11 Å². The molecule has 2 rings (SSSR count). The van der Waals surface area contributed by atoms with Gasteiger partial charge in [0.2, 0.25) is 0 Å². The van der Waals surface area contributed by atoms with Crippen molar-refractivity contribution in [3.8, 4) is 5.75 Å². The Morgan fingerprint density at radius 3 is 2.16 bits per heavy atom. The Morgan fingerprint density at radius 2 is 1.63 bits per heavy atom. The Labute approximate surface area is 111 Å². The Bertz CT molecular complexity index is 558. The van der Waals surface area contributed by atoms with Gasteiger partial charge in [-0.15, -0.1) is 0 Å². The molecule has 0 N–H and O–H groups in total. The van der Waals surface area contributed by atoms with Gasteiger partial charge >= 0.3 is 0 Å². The molecule has 0 saturated heterocycles. The summed E-state index contributed by atoms with van der Waals surface area (Å²) < 4.78 is 17.9. The van der Waals surface area contributed by atoms with Gasteiger partial charge in [-0.25, -0.2) is 4.39 Å². The van der Waals surface area contributed by atoms with Gasteiger partial charge in [0.1, 0.15) is 11.6 Å². The molecule has 0 radical (unpaired) electrons. The van der Waals surface area contributed by atoms with E-state index >= 15 is 0 Å². The third kappa shape index (κ3) is 2.99. The summed E-state index contributed by atoms with van der Waals surface area (Å²) in [6, 6.07) is 13.0. The van der Waals surface area contributed by atoms with Gasteiger partial charge in [-0.3, -0.25) is 4.79 Å². The van der Waals surface area contributed by atoms with Gasteiger partial charge in [0, 0.05) is 11.5 Å². The largest absolute Gasteiger partial charge is 0.497 e. The Hall–Kier alpha value is -2.16. The number of benzene rings is 2. The number of ether oxygens (including phenoxy) is 1. The van der Waals surface area contributed by atoms with E-state index < -0.39 is 0 Å². The minimum absolute atomic E-state index is 0.0230. The first kappa shape index (κ1) is 13.3. The third-order valence-electron chi connectivity index (χ3n) is 3.14. The van der Waals surface area contributed by atoms with Crippen molar-refractivity contribution >= 4 is 5.78 Å². The molecular weight excluding hydrogens is 243 g/mol. The van der Waals surface area contributed by atoms with Crippen molar-refractivity contribution in [1.29, 1.82) is 0 Å². The number of ketones is 1. The lowest BCUT2D eigenvalue weighted by Gasteiger charge is -2.11. The van der Waals surface area contributed by atoms with E-state index in [1.165, 1.54) is 24.3 Å². The van der Waals surface area contributed by atoms with Gasteiger partial charge in [-0.2, -0.15) is 0 Å². The maximum absolute atomic E-state index is 12.8. The lowest BCUT2D eigenvalue weighted by Crippen LogP contribution is -2.09. The topological polar surface area (TPSA) is 26.3 Å². The zero-order valence-corrected chi connectivity index (χ0v) is 10.9. The van der Waals surface area contributed by atoms with Gasteiger partial charge in [0.15, 0.2) is 5.78 Å². The second-order valence-corrected chi connectivity index (χ2v) is 4.37. The number of carbonyl (C=O) groups is 1. The van der Waals surface area contributed by atoms with Crippen molar-refractivity contribution in [2.75, 3.05) is 7.11 Å². The highest BCUT2D eigenvalue weighted by Crippen LogP contribution is 2.23. The predicted molar refractivity (Wildman–Crippen MR) is 72.1 cm³/mol. The van der Waals surface area contributed by atoms with Crippen molar-refractivity contribution in [3.05, 3.63) is 65.5 Å². The molecule has 0 aliphatic rings. The van der Waals surface area contributed by atoms with Crippen LogP contribution in [0, 0.1) is 5.82 Å². The molecule has 3 heteroatoms. The zero-order valence-electron chi connectivity index (χ0n) is 10.9. The molecule has 98 valence electrons. The quantitative estimate of drug-likeness (QED) is 0.779. The first-order chi connectivity index (χ1) is 9.11. The van der Waals surface area contributed by atoms with Crippen LogP contribution in [0.5, 0.6) is 5.75 Å². The summed E-state index contributed by atoms with van der Waals surface area (Å²) in [7, 11) is 1.60. The van der Waals surface area contributed by atoms with E-state index in [2.05, 4.69) is 0 Å². The van der Waals surface area contributed by atoms with E-state index in [0.29, 0.717) is 5.56 Å². The molecule has 2 aromatic carbocycles. The molecule has 0 amide bonds. The number of halogens is 1. The number of carbonyl (C=O) groups excluding carboxylic acids is 1. The van der Waals surface area contributed by atoms with Gasteiger partial charge < -0.3 is 4.74 Å². The molecule has 0 bridgehead atoms. The normalized spacial score (nSPS) is 11.9. The van der Waals surface area contributed by atoms with Crippen LogP contribution in [0.4, 0.5) is 4.39 Å². The van der Waals surface area contributed by atoms with Crippen LogP contribution >= 0.6 is 0 Å². The fourth-order valence-corrected chi connectivity index (χ4v) is 1.91. The molecule has 0 aliphatic heterocycles. The zero-order chi connectivity index (χ0) is 13.8. The molecule has 19 heavy (non-hydrogen) atoms. The highest BCUT2D eigenvalue weighted by molar-refractivity contribution is 6.00. The van der Waals surface area contributed by atoms with Crippen LogP contribution in [0.25, 0.3) is 0 Å². The molecule has 1 atom stereocenters. The molecule has 2 aromatic rings. The van der Waals surface area contributed by atoms with Crippen LogP contribution < -0.4 is 4.74 Å². The molecule has 0 fully saturated rings. The number of methoxy groups -OCH3 is 1. The van der Waals surface area contributed by atoms with Gasteiger partial charge in [0.25, 0.3) is 0 Å². The summed E-state index contributed by atoms with van der Waals surface area (Å²) in [6.07, 6.45) is 0. The fraction of sp³-hybridized carbons (Fsp3) is 0.188. The van der Waals surface area contributed by atoms with E-state index in [1.807, 2.05) is 31.2 Å². The van der Waals surface area contributed by atoms with Crippen molar-refractivity contribution in [1.82, 2.24) is 0 Å². The molecule has 0 saturated carbocycles. The molecule has 1 unspecified atom stereocenters. The van der Waals surface area contributed by atoms with Crippen LogP contribution in [0.3, 0.4) is 0 Å². The van der Waals surface area contributed by atoms with Gasteiger partial charge in [-0.1, -0.05) is 19.1 Å². The summed E-state index contributed by atoms with van der Waals surface area (Å²) in [5.74, 6) is 0.125. The van der Waals surface area contributed by atoms with Crippen molar-refractivity contribution < 1.29 is 13.9 Å². The Morgan fingerprint density at radius 1 is 1.05 bits per heavy atom. The van der Waals surface area contributed by atoms with E-state index in [-0.39, 0.29) is 17.5 Å². The number of Topliss-reactive ketones (excluding diaryl/α,β-unsaturated/α-hetero) is 1. The van der Waals surface area contributed by atoms with E-state index in [1.54, 1.807) is 7.11 Å². The summed E-state index contributed by atoms with van der Waals surface area (Å²) >= 11 is 0. The number of hydrogen-bond donors (Lipinski definition) is 0. The third-order valence-corrected chi connectivity index (χ3v) is 3.14. The van der Waals surface area contributed by atoms with E-state index in [9.17, 15) is 9.18 Å². The summed E-state index contributed by atoms with van der Waals surface area (Å²) in [5, 5.41) is 0. The van der Waals surface area contributed by atoms with E-state index in [4.69, 9.17) is 4.74 Å². The lowest BCUT2D eigenvalue weighted by molar-refractivity contribution is 0.0966. The van der Waals surface area contributed by atoms with Crippen molar-refractivity contribution in [2.45, 2.75) is 12.8 Å². The van der Waals surface area contributed by atoms with Crippen LogP contribution in [0.2, 0.25) is 0 Å². The minimum Gasteiger partial charge on any atom is -0.497 e. The van der Waals surface area contributed by atoms with Gasteiger partial charge in [-0.05, 0) is 42.0 Å². The lowest BCUT2D eigenvalue weighted by atomic mass is 9.92. The fourth-order valence-electron chi connectivity index (χ4n) is 1.91. The first-order valence-electron chi connectivity index (χ1n) is 6.05. The number of rotatable bonds is 4. The second kappa shape index (κ2) is 5.65. The number of hydrogen-bond acceptors (Lipinski definition) is 2. The first-order valence-corrected chi connectivity index (χ1v) is 6.05. The summed E-state index contributed by atoms with van der Waals surface area (Å²) in [4.78, 5) is 12.3. The maximum atomic E-state index is 12.8. The average molecular weight is 258 g/mol. The van der Waals surface area contributed by atoms with E-state index in [0.717, 1.165) is 11.3 Å². The Balaban J connectivity index is 2.20. The summed E-state index contributed by atoms with van der Waals surface area (Å²) in [6.45, 7) is 1.84. The monoisotopic (exact) mass is 258 g/mol. The Kier molecular flexibility index (Phi) is 3.95. The van der Waals surface area contributed by atoms with Crippen molar-refractivity contribution in [3.63, 3.8) is 0 Å². The maximum Gasteiger partial charge on any atom is 0.170 e. The van der Waals surface area contributed by atoms with Crippen molar-refractivity contribution in [2.24, 2.45) is 0 Å². The molecule has 0 heterocycles. The second-order valence-electron chi connectivity index (χ2n) is 4.37. The summed E-state index contributed by atoms with van der Waals surface area (Å²) in [5.41, 5.74) is 1.43. The van der Waals surface area contributed by atoms with Crippen LogP contribution in [-0.4, -0.2) is 12.9 Å². The molecular formula is C16H15FO2. The minimum atomic E-state index is -0.339. The predicted octanol–water partition coefficient (Wildman–Crippen LogP) is 3.82. The highest BCUT2D eigenvalue weighted by Gasteiger charge is 2.17. The SMILES string of the molecule is COc1ccc(C(C)C(=O)c2ccc(F)cc2)cc1. The average Bonchev–Trinajstić information content (AvgIpc) is 2.46. The molecule has 0 aromatic heterocycles. The highest BCUT2D eigenvalue weighted by atomic mass is 19.1. The molecule has 0 aliphatic carbocycles. The molecule has 2 nitrogen and oxygen atoms in total. The van der Waals surface area contributed by atoms with Crippen LogP contribution in [0.1, 0.15) is 28.8 Å². The van der Waals surface area contributed by atoms with Crippen LogP contribution in [0.15, 0.2) is 48.5 Å².